The van der Waals surface area contributed by atoms with Crippen LogP contribution in [0.2, 0.25) is 0 Å². The van der Waals surface area contributed by atoms with Crippen LogP contribution in [0.5, 0.6) is 0 Å². The first-order valence-corrected chi connectivity index (χ1v) is 9.67. The zero-order chi connectivity index (χ0) is 18.3. The fourth-order valence-electron chi connectivity index (χ4n) is 2.59. The first-order chi connectivity index (χ1) is 12.2. The topological polar surface area (TPSA) is 67.1 Å². The Hall–Kier alpha value is -1.12. The SMILES string of the molecule is C=CCNC(=NCCCCCCC(C)C)NCCn1cnnc1CC.I. The van der Waals surface area contributed by atoms with Crippen LogP contribution in [0.25, 0.3) is 0 Å². The average molecular weight is 476 g/mol. The van der Waals surface area contributed by atoms with Gasteiger partial charge >= 0.3 is 0 Å². The second-order valence-corrected chi connectivity index (χ2v) is 6.72. The van der Waals surface area contributed by atoms with Crippen molar-refractivity contribution in [2.75, 3.05) is 19.6 Å². The maximum Gasteiger partial charge on any atom is 0.191 e. The van der Waals surface area contributed by atoms with E-state index in [2.05, 4.69) is 57.7 Å². The van der Waals surface area contributed by atoms with E-state index >= 15 is 0 Å². The van der Waals surface area contributed by atoms with Crippen LogP contribution in [0.15, 0.2) is 24.0 Å². The fraction of sp³-hybridized carbons (Fsp3) is 0.737. The molecule has 0 fully saturated rings. The molecular weight excluding hydrogens is 439 g/mol. The lowest BCUT2D eigenvalue weighted by atomic mass is 10.0. The summed E-state index contributed by atoms with van der Waals surface area (Å²) in [5, 5.41) is 14.7. The summed E-state index contributed by atoms with van der Waals surface area (Å²) >= 11 is 0. The zero-order valence-corrected chi connectivity index (χ0v) is 19.0. The molecule has 1 aromatic rings. The zero-order valence-electron chi connectivity index (χ0n) is 16.7. The minimum atomic E-state index is 0. The largest absolute Gasteiger partial charge is 0.355 e. The number of nitrogens with one attached hydrogen (secondary N) is 2. The van der Waals surface area contributed by atoms with Gasteiger partial charge in [-0.15, -0.1) is 40.8 Å². The number of aryl methyl sites for hydroxylation is 1. The highest BCUT2D eigenvalue weighted by Crippen LogP contribution is 2.09. The summed E-state index contributed by atoms with van der Waals surface area (Å²) in [6, 6.07) is 0. The quantitative estimate of drug-likeness (QED) is 0.150. The second-order valence-electron chi connectivity index (χ2n) is 6.72. The van der Waals surface area contributed by atoms with E-state index in [4.69, 9.17) is 0 Å². The Morgan fingerprint density at radius 2 is 2.04 bits per heavy atom. The van der Waals surface area contributed by atoms with E-state index in [-0.39, 0.29) is 24.0 Å². The highest BCUT2D eigenvalue weighted by molar-refractivity contribution is 14.0. The molecule has 1 rings (SSSR count). The minimum Gasteiger partial charge on any atom is -0.355 e. The molecule has 0 amide bonds. The van der Waals surface area contributed by atoms with Crippen molar-refractivity contribution in [3.8, 4) is 0 Å². The third-order valence-corrected chi connectivity index (χ3v) is 4.03. The molecule has 0 saturated heterocycles. The normalized spacial score (nSPS) is 11.3. The maximum absolute atomic E-state index is 4.66. The first kappa shape index (κ1) is 24.9. The van der Waals surface area contributed by atoms with E-state index in [1.807, 2.05) is 6.08 Å². The van der Waals surface area contributed by atoms with Crippen LogP contribution in [0.1, 0.15) is 58.7 Å². The minimum absolute atomic E-state index is 0. The summed E-state index contributed by atoms with van der Waals surface area (Å²) in [6.45, 7) is 13.6. The van der Waals surface area contributed by atoms with Gasteiger partial charge in [-0.1, -0.05) is 52.5 Å². The van der Waals surface area contributed by atoms with Crippen LogP contribution in [0, 0.1) is 5.92 Å². The Morgan fingerprint density at radius 1 is 1.27 bits per heavy atom. The lowest BCUT2D eigenvalue weighted by Crippen LogP contribution is -2.39. The molecule has 0 radical (unpaired) electrons. The lowest BCUT2D eigenvalue weighted by molar-refractivity contribution is 0.521. The molecule has 0 aliphatic rings. The van der Waals surface area contributed by atoms with Crippen molar-refractivity contribution < 1.29 is 0 Å². The van der Waals surface area contributed by atoms with Gasteiger partial charge in [0, 0.05) is 32.6 Å². The molecule has 7 heteroatoms. The lowest BCUT2D eigenvalue weighted by Gasteiger charge is -2.12. The van der Waals surface area contributed by atoms with Crippen LogP contribution >= 0.6 is 24.0 Å². The number of hydrogen-bond acceptors (Lipinski definition) is 3. The molecule has 0 atom stereocenters. The van der Waals surface area contributed by atoms with Crippen LogP contribution in [-0.4, -0.2) is 40.4 Å². The first-order valence-electron chi connectivity index (χ1n) is 9.67. The molecule has 0 saturated carbocycles. The third-order valence-electron chi connectivity index (χ3n) is 4.03. The van der Waals surface area contributed by atoms with Gasteiger partial charge in [-0.25, -0.2) is 0 Å². The number of aliphatic imine (C=N–C) groups is 1. The van der Waals surface area contributed by atoms with Crippen LogP contribution < -0.4 is 10.6 Å². The third kappa shape index (κ3) is 11.5. The Bertz CT molecular complexity index is 498. The summed E-state index contributed by atoms with van der Waals surface area (Å²) in [6.07, 6.45) is 10.9. The molecule has 1 aromatic heterocycles. The van der Waals surface area contributed by atoms with Crippen molar-refractivity contribution in [2.45, 2.75) is 65.8 Å². The Balaban J connectivity index is 0.00000625. The van der Waals surface area contributed by atoms with Crippen molar-refractivity contribution in [3.05, 3.63) is 24.8 Å². The summed E-state index contributed by atoms with van der Waals surface area (Å²) in [5.41, 5.74) is 0. The number of rotatable bonds is 13. The molecule has 0 bridgehead atoms. The van der Waals surface area contributed by atoms with Gasteiger partial charge in [0.2, 0.25) is 0 Å². The smallest absolute Gasteiger partial charge is 0.191 e. The highest BCUT2D eigenvalue weighted by Gasteiger charge is 2.02. The molecule has 0 unspecified atom stereocenters. The van der Waals surface area contributed by atoms with Crippen molar-refractivity contribution in [1.82, 2.24) is 25.4 Å². The Morgan fingerprint density at radius 3 is 2.73 bits per heavy atom. The second kappa shape index (κ2) is 16.1. The van der Waals surface area contributed by atoms with Gasteiger partial charge in [0.25, 0.3) is 0 Å². The Kier molecular flexibility index (Phi) is 15.4. The summed E-state index contributed by atoms with van der Waals surface area (Å²) in [4.78, 5) is 4.66. The van der Waals surface area contributed by atoms with Gasteiger partial charge in [0.1, 0.15) is 12.2 Å². The number of aromatic nitrogens is 3. The Labute approximate surface area is 176 Å². The van der Waals surface area contributed by atoms with E-state index in [1.54, 1.807) is 6.33 Å². The molecule has 26 heavy (non-hydrogen) atoms. The van der Waals surface area contributed by atoms with Crippen LogP contribution in [0.3, 0.4) is 0 Å². The molecule has 0 aliphatic carbocycles. The summed E-state index contributed by atoms with van der Waals surface area (Å²) in [5.74, 6) is 2.68. The monoisotopic (exact) mass is 476 g/mol. The molecule has 150 valence electrons. The van der Waals surface area contributed by atoms with Crippen LogP contribution in [-0.2, 0) is 13.0 Å². The number of guanidine groups is 1. The average Bonchev–Trinajstić information content (AvgIpc) is 3.05. The predicted octanol–water partition coefficient (Wildman–Crippen LogP) is 3.79. The predicted molar refractivity (Wildman–Crippen MR) is 121 cm³/mol. The van der Waals surface area contributed by atoms with E-state index in [0.29, 0.717) is 6.54 Å². The molecular formula is C19H37IN6. The van der Waals surface area contributed by atoms with Crippen molar-refractivity contribution in [3.63, 3.8) is 0 Å². The summed E-state index contributed by atoms with van der Waals surface area (Å²) in [7, 11) is 0. The van der Waals surface area contributed by atoms with Crippen LogP contribution in [0.4, 0.5) is 0 Å². The van der Waals surface area contributed by atoms with Crippen molar-refractivity contribution >= 4 is 29.9 Å². The number of halogens is 1. The van der Waals surface area contributed by atoms with Gasteiger partial charge < -0.3 is 15.2 Å². The number of nitrogens with zero attached hydrogens (tertiary/aromatic N) is 4. The molecule has 6 nitrogen and oxygen atoms in total. The van der Waals surface area contributed by atoms with E-state index in [9.17, 15) is 0 Å². The highest BCUT2D eigenvalue weighted by atomic mass is 127. The van der Waals surface area contributed by atoms with Gasteiger partial charge in [-0.05, 0) is 12.3 Å². The summed E-state index contributed by atoms with van der Waals surface area (Å²) < 4.78 is 2.08. The fourth-order valence-corrected chi connectivity index (χ4v) is 2.59. The molecule has 0 aromatic carbocycles. The molecule has 0 aliphatic heterocycles. The standard InChI is InChI=1S/C19H36N6.HI/c1-5-12-20-19(21-13-10-8-7-9-11-17(3)4)22-14-15-25-16-23-24-18(25)6-2;/h5,16-17H,1,6-15H2,2-4H3,(H2,20,21,22);1H. The molecule has 2 N–H and O–H groups in total. The number of unbranched alkanes of at least 4 members (excludes halogenated alkanes) is 3. The van der Waals surface area contributed by atoms with E-state index in [1.165, 1.54) is 25.7 Å². The van der Waals surface area contributed by atoms with Gasteiger partial charge in [0.15, 0.2) is 5.96 Å². The van der Waals surface area contributed by atoms with Crippen molar-refractivity contribution in [1.29, 1.82) is 0 Å². The molecule has 1 heterocycles. The number of hydrogen-bond donors (Lipinski definition) is 2. The van der Waals surface area contributed by atoms with Crippen molar-refractivity contribution in [2.24, 2.45) is 10.9 Å². The maximum atomic E-state index is 4.66. The van der Waals surface area contributed by atoms with Gasteiger partial charge in [-0.3, -0.25) is 4.99 Å². The van der Waals surface area contributed by atoms with E-state index < -0.39 is 0 Å². The van der Waals surface area contributed by atoms with Gasteiger partial charge in [-0.2, -0.15) is 0 Å². The van der Waals surface area contributed by atoms with E-state index in [0.717, 1.165) is 50.2 Å². The molecule has 0 spiro atoms. The van der Waals surface area contributed by atoms with Gasteiger partial charge in [0.05, 0.1) is 0 Å².